The highest BCUT2D eigenvalue weighted by Crippen LogP contribution is 2.32. The van der Waals surface area contributed by atoms with E-state index in [9.17, 15) is 26.3 Å². The van der Waals surface area contributed by atoms with Crippen LogP contribution in [0.1, 0.15) is 35.8 Å². The maximum atomic E-state index is 10.6. The Balaban J connectivity index is 0.000000271. The van der Waals surface area contributed by atoms with Gasteiger partial charge >= 0.3 is 24.3 Å². The van der Waals surface area contributed by atoms with Gasteiger partial charge in [0.05, 0.1) is 12.3 Å². The topological polar surface area (TPSA) is 127 Å². The fourth-order valence-corrected chi connectivity index (χ4v) is 3.00. The lowest BCUT2D eigenvalue weighted by atomic mass is 10.1. The zero-order valence-corrected chi connectivity index (χ0v) is 18.7. The molecule has 1 aliphatic carbocycles. The first kappa shape index (κ1) is 29.0. The van der Waals surface area contributed by atoms with Crippen molar-refractivity contribution in [3.8, 4) is 0 Å². The number of aromatic nitrogens is 3. The number of ether oxygens (including phenoxy) is 1. The van der Waals surface area contributed by atoms with E-state index in [0.717, 1.165) is 44.3 Å². The lowest BCUT2D eigenvalue weighted by molar-refractivity contribution is -0.193. The molecule has 2 aliphatic rings. The second-order valence-electron chi connectivity index (χ2n) is 7.91. The van der Waals surface area contributed by atoms with E-state index >= 15 is 0 Å². The Hall–Kier alpha value is -3.20. The minimum atomic E-state index is -5.08. The van der Waals surface area contributed by atoms with Gasteiger partial charge in [-0.3, -0.25) is 9.67 Å². The van der Waals surface area contributed by atoms with Crippen molar-refractivity contribution in [1.29, 1.82) is 0 Å². The molecule has 0 radical (unpaired) electrons. The van der Waals surface area contributed by atoms with E-state index in [1.54, 1.807) is 6.20 Å². The highest BCUT2D eigenvalue weighted by molar-refractivity contribution is 5.73. The van der Waals surface area contributed by atoms with Crippen molar-refractivity contribution in [2.75, 3.05) is 13.2 Å². The number of hydrogen-bond acceptors (Lipinski definition) is 6. The zero-order chi connectivity index (χ0) is 26.9. The average Bonchev–Trinajstić information content (AvgIpc) is 3.50. The molecular formula is C21H24F6N4O5. The molecule has 1 unspecified atom stereocenters. The van der Waals surface area contributed by atoms with Crippen LogP contribution in [0.25, 0.3) is 0 Å². The van der Waals surface area contributed by atoms with Crippen LogP contribution in [0.5, 0.6) is 0 Å². The number of aliphatic carboxylic acids is 2. The molecule has 0 aromatic carbocycles. The molecule has 0 saturated heterocycles. The van der Waals surface area contributed by atoms with Crippen molar-refractivity contribution < 1.29 is 50.9 Å². The molecule has 3 N–H and O–H groups in total. The van der Waals surface area contributed by atoms with E-state index in [-0.39, 0.29) is 6.10 Å². The number of pyridine rings is 1. The van der Waals surface area contributed by atoms with Crippen LogP contribution in [-0.2, 0) is 33.8 Å². The predicted octanol–water partition coefficient (Wildman–Crippen LogP) is 3.36. The Morgan fingerprint density at radius 2 is 1.72 bits per heavy atom. The van der Waals surface area contributed by atoms with Crippen LogP contribution in [0.3, 0.4) is 0 Å². The van der Waals surface area contributed by atoms with Gasteiger partial charge in [0, 0.05) is 38.2 Å². The minimum Gasteiger partial charge on any atom is -0.475 e. The lowest BCUT2D eigenvalue weighted by Crippen LogP contribution is -2.27. The SMILES string of the molecule is O=C(O)C(F)(F)F.O=C(O)C(F)(F)F.c1cncc(CNCC2OCCc3cn(CC4CC4)nc32)c1. The van der Waals surface area contributed by atoms with Gasteiger partial charge in [0.1, 0.15) is 6.10 Å². The Labute approximate surface area is 201 Å². The number of halogens is 6. The first-order chi connectivity index (χ1) is 16.8. The van der Waals surface area contributed by atoms with E-state index in [4.69, 9.17) is 29.6 Å². The van der Waals surface area contributed by atoms with Crippen molar-refractivity contribution in [3.63, 3.8) is 0 Å². The van der Waals surface area contributed by atoms with Gasteiger partial charge in [-0.25, -0.2) is 9.59 Å². The van der Waals surface area contributed by atoms with E-state index in [1.165, 1.54) is 24.0 Å². The normalized spacial score (nSPS) is 17.1. The molecule has 1 aliphatic heterocycles. The molecule has 0 spiro atoms. The maximum absolute atomic E-state index is 10.6. The Morgan fingerprint density at radius 1 is 1.11 bits per heavy atom. The molecule has 9 nitrogen and oxygen atoms in total. The van der Waals surface area contributed by atoms with Gasteiger partial charge in [0.15, 0.2) is 0 Å². The number of nitrogens with zero attached hydrogens (tertiary/aromatic N) is 3. The second kappa shape index (κ2) is 12.7. The van der Waals surface area contributed by atoms with Crippen LogP contribution in [-0.4, -0.2) is 62.4 Å². The number of nitrogens with one attached hydrogen (secondary N) is 1. The van der Waals surface area contributed by atoms with Gasteiger partial charge < -0.3 is 20.3 Å². The van der Waals surface area contributed by atoms with Crippen LogP contribution in [0.2, 0.25) is 0 Å². The third kappa shape index (κ3) is 10.2. The summed E-state index contributed by atoms with van der Waals surface area (Å²) in [4.78, 5) is 21.9. The van der Waals surface area contributed by atoms with E-state index in [1.807, 2.05) is 12.3 Å². The van der Waals surface area contributed by atoms with Crippen LogP contribution in [0.15, 0.2) is 30.7 Å². The van der Waals surface area contributed by atoms with E-state index in [2.05, 4.69) is 27.2 Å². The molecular weight excluding hydrogens is 502 g/mol. The second-order valence-corrected chi connectivity index (χ2v) is 7.91. The van der Waals surface area contributed by atoms with Gasteiger partial charge in [-0.1, -0.05) is 6.07 Å². The Kier molecular flexibility index (Phi) is 10.2. The Morgan fingerprint density at radius 3 is 2.22 bits per heavy atom. The molecule has 1 saturated carbocycles. The van der Waals surface area contributed by atoms with Crippen molar-refractivity contribution in [2.24, 2.45) is 5.92 Å². The van der Waals surface area contributed by atoms with E-state index < -0.39 is 24.3 Å². The summed E-state index contributed by atoms with van der Waals surface area (Å²) >= 11 is 0. The average molecular weight is 526 g/mol. The number of fused-ring (bicyclic) bond motifs is 1. The molecule has 1 atom stereocenters. The zero-order valence-electron chi connectivity index (χ0n) is 18.7. The first-order valence-electron chi connectivity index (χ1n) is 10.6. The molecule has 36 heavy (non-hydrogen) atoms. The number of carboxylic acids is 2. The summed E-state index contributed by atoms with van der Waals surface area (Å²) < 4.78 is 71.5. The minimum absolute atomic E-state index is 0.0703. The van der Waals surface area contributed by atoms with Gasteiger partial charge in [-0.15, -0.1) is 0 Å². The molecule has 200 valence electrons. The van der Waals surface area contributed by atoms with Gasteiger partial charge in [-0.2, -0.15) is 31.4 Å². The predicted molar refractivity (Wildman–Crippen MR) is 111 cm³/mol. The number of alkyl halides is 6. The van der Waals surface area contributed by atoms with Crippen LogP contribution < -0.4 is 5.32 Å². The van der Waals surface area contributed by atoms with Crippen molar-refractivity contribution in [1.82, 2.24) is 20.1 Å². The van der Waals surface area contributed by atoms with Gasteiger partial charge in [0.25, 0.3) is 0 Å². The number of carboxylic acid groups (broad SMARTS) is 2. The highest BCUT2D eigenvalue weighted by Gasteiger charge is 2.38. The number of hydrogen-bond donors (Lipinski definition) is 3. The fourth-order valence-electron chi connectivity index (χ4n) is 3.00. The van der Waals surface area contributed by atoms with Crippen LogP contribution in [0.4, 0.5) is 26.3 Å². The van der Waals surface area contributed by atoms with Crippen LogP contribution in [0, 0.1) is 5.92 Å². The lowest BCUT2D eigenvalue weighted by Gasteiger charge is -2.22. The maximum Gasteiger partial charge on any atom is 0.490 e. The molecule has 0 bridgehead atoms. The van der Waals surface area contributed by atoms with Crippen molar-refractivity contribution in [3.05, 3.63) is 47.5 Å². The van der Waals surface area contributed by atoms with E-state index in [0.29, 0.717) is 0 Å². The Bertz CT molecular complexity index is 969. The summed E-state index contributed by atoms with van der Waals surface area (Å²) in [5, 5.41) is 22.5. The summed E-state index contributed by atoms with van der Waals surface area (Å²) in [5.41, 5.74) is 3.68. The standard InChI is InChI=1S/C17H22N4O.2C2HF3O2/c1-2-14(8-18-6-1)9-19-10-16-17-15(5-7-22-16)12-21(20-17)11-13-3-4-13;2*3-2(4,5)1(6)7/h1-2,6,8,12-13,16,19H,3-5,7,9-11H2;2*(H,6,7). The largest absolute Gasteiger partial charge is 0.490 e. The molecule has 3 heterocycles. The van der Waals surface area contributed by atoms with Crippen molar-refractivity contribution >= 4 is 11.9 Å². The third-order valence-corrected chi connectivity index (χ3v) is 4.87. The molecule has 2 aromatic rings. The highest BCUT2D eigenvalue weighted by atomic mass is 19.4. The summed E-state index contributed by atoms with van der Waals surface area (Å²) in [5.74, 6) is -4.66. The number of rotatable bonds is 6. The molecule has 4 rings (SSSR count). The summed E-state index contributed by atoms with van der Waals surface area (Å²) in [6.07, 6.45) is -0.477. The quantitative estimate of drug-likeness (QED) is 0.490. The molecule has 15 heteroatoms. The smallest absolute Gasteiger partial charge is 0.475 e. The van der Waals surface area contributed by atoms with Crippen molar-refractivity contribution in [2.45, 2.75) is 50.8 Å². The summed E-state index contributed by atoms with van der Waals surface area (Å²) in [6, 6.07) is 4.04. The summed E-state index contributed by atoms with van der Waals surface area (Å²) in [6.45, 7) is 3.47. The fraction of sp³-hybridized carbons (Fsp3) is 0.524. The number of carbonyl (C=O) groups is 2. The first-order valence-corrected chi connectivity index (χ1v) is 10.6. The third-order valence-electron chi connectivity index (χ3n) is 4.87. The van der Waals surface area contributed by atoms with Gasteiger partial charge in [0.2, 0.25) is 0 Å². The molecule has 0 amide bonds. The van der Waals surface area contributed by atoms with Crippen LogP contribution >= 0.6 is 0 Å². The monoisotopic (exact) mass is 526 g/mol. The molecule has 1 fully saturated rings. The summed E-state index contributed by atoms with van der Waals surface area (Å²) in [7, 11) is 0. The molecule has 2 aromatic heterocycles. The van der Waals surface area contributed by atoms with Gasteiger partial charge in [-0.05, 0) is 42.4 Å².